The van der Waals surface area contributed by atoms with Crippen LogP contribution in [0.4, 0.5) is 0 Å². The van der Waals surface area contributed by atoms with E-state index >= 15 is 0 Å². The second kappa shape index (κ2) is 4.87. The highest BCUT2D eigenvalue weighted by atomic mass is 16.5. The van der Waals surface area contributed by atoms with Gasteiger partial charge in [-0.2, -0.15) is 0 Å². The van der Waals surface area contributed by atoms with Crippen LogP contribution in [-0.4, -0.2) is 17.1 Å². The Hall–Kier alpha value is -1.38. The van der Waals surface area contributed by atoms with E-state index in [9.17, 15) is 4.79 Å². The average molecular weight is 273 g/mol. The van der Waals surface area contributed by atoms with Crippen molar-refractivity contribution in [3.63, 3.8) is 0 Å². The fourth-order valence-corrected chi connectivity index (χ4v) is 4.14. The highest BCUT2D eigenvalue weighted by Crippen LogP contribution is 2.61. The molecule has 0 unspecified atom stereocenters. The molecule has 2 bridgehead atoms. The maximum atomic E-state index is 12.1. The third kappa shape index (κ3) is 2.23. The number of carbonyl (C=O) groups is 1. The lowest BCUT2D eigenvalue weighted by molar-refractivity contribution is -0.185. The molecular formula is C17H23NO2. The summed E-state index contributed by atoms with van der Waals surface area (Å²) >= 11 is 0. The first kappa shape index (κ1) is 13.6. The normalized spacial score (nSPS) is 34.1. The van der Waals surface area contributed by atoms with Gasteiger partial charge in [-0.3, -0.25) is 9.78 Å². The van der Waals surface area contributed by atoms with Crippen LogP contribution < -0.4 is 0 Å². The molecule has 0 amide bonds. The van der Waals surface area contributed by atoms with Crippen LogP contribution in [-0.2, 0) is 16.0 Å². The summed E-state index contributed by atoms with van der Waals surface area (Å²) in [6, 6.07) is 3.77. The number of esters is 1. The maximum Gasteiger partial charge on any atom is 0.310 e. The number of rotatable bonds is 3. The first-order valence-corrected chi connectivity index (χ1v) is 7.57. The van der Waals surface area contributed by atoms with Gasteiger partial charge in [0.1, 0.15) is 6.10 Å². The van der Waals surface area contributed by atoms with Crippen LogP contribution in [0.1, 0.15) is 39.2 Å². The van der Waals surface area contributed by atoms with Crippen molar-refractivity contribution in [1.82, 2.24) is 4.98 Å². The minimum atomic E-state index is -0.117. The molecule has 3 aliphatic rings. The first-order valence-electron chi connectivity index (χ1n) is 7.57. The number of fused-ring (bicyclic) bond motifs is 2. The summed E-state index contributed by atoms with van der Waals surface area (Å²) in [5, 5.41) is 0. The fourth-order valence-electron chi connectivity index (χ4n) is 4.14. The lowest BCUT2D eigenvalue weighted by Gasteiger charge is -2.61. The Morgan fingerprint density at radius 3 is 2.85 bits per heavy atom. The van der Waals surface area contributed by atoms with Crippen molar-refractivity contribution in [2.75, 3.05) is 0 Å². The van der Waals surface area contributed by atoms with E-state index in [4.69, 9.17) is 4.74 Å². The Bertz CT molecular complexity index is 497. The van der Waals surface area contributed by atoms with Crippen molar-refractivity contribution in [3.8, 4) is 0 Å². The van der Waals surface area contributed by atoms with Crippen molar-refractivity contribution < 1.29 is 9.53 Å². The quantitative estimate of drug-likeness (QED) is 0.794. The van der Waals surface area contributed by atoms with Crippen LogP contribution in [0.15, 0.2) is 24.5 Å². The van der Waals surface area contributed by atoms with Crippen LogP contribution in [0.25, 0.3) is 0 Å². The Labute approximate surface area is 120 Å². The number of nitrogens with zero attached hydrogens (tertiary/aromatic N) is 1. The van der Waals surface area contributed by atoms with Crippen molar-refractivity contribution >= 4 is 5.97 Å². The van der Waals surface area contributed by atoms with Crippen LogP contribution in [0.3, 0.4) is 0 Å². The molecule has 1 aromatic heterocycles. The van der Waals surface area contributed by atoms with Crippen molar-refractivity contribution in [2.24, 2.45) is 23.2 Å². The Balaban J connectivity index is 1.58. The molecule has 3 aliphatic carbocycles. The van der Waals surface area contributed by atoms with E-state index in [0.717, 1.165) is 17.9 Å². The molecule has 0 aromatic carbocycles. The van der Waals surface area contributed by atoms with Crippen molar-refractivity contribution in [1.29, 1.82) is 0 Å². The van der Waals surface area contributed by atoms with Gasteiger partial charge < -0.3 is 4.74 Å². The molecule has 1 aromatic rings. The summed E-state index contributed by atoms with van der Waals surface area (Å²) in [4.78, 5) is 16.1. The third-order valence-electron chi connectivity index (χ3n) is 5.64. The fraction of sp³-hybridized carbons (Fsp3) is 0.647. The maximum absolute atomic E-state index is 12.1. The van der Waals surface area contributed by atoms with Gasteiger partial charge in [-0.15, -0.1) is 0 Å². The molecule has 3 fully saturated rings. The summed E-state index contributed by atoms with van der Waals surface area (Å²) in [7, 11) is 0. The highest BCUT2D eigenvalue weighted by Gasteiger charge is 2.57. The van der Waals surface area contributed by atoms with Gasteiger partial charge in [0.05, 0.1) is 6.42 Å². The zero-order chi connectivity index (χ0) is 14.3. The van der Waals surface area contributed by atoms with E-state index in [1.54, 1.807) is 12.4 Å². The van der Waals surface area contributed by atoms with E-state index in [0.29, 0.717) is 23.7 Å². The van der Waals surface area contributed by atoms with Gasteiger partial charge in [0.15, 0.2) is 0 Å². The number of aromatic nitrogens is 1. The topological polar surface area (TPSA) is 39.2 Å². The molecule has 0 N–H and O–H groups in total. The predicted octanol–water partition coefficient (Wildman–Crippen LogP) is 3.24. The zero-order valence-electron chi connectivity index (χ0n) is 12.5. The minimum absolute atomic E-state index is 0.107. The van der Waals surface area contributed by atoms with Crippen molar-refractivity contribution in [3.05, 3.63) is 30.1 Å². The Morgan fingerprint density at radius 1 is 1.45 bits per heavy atom. The SMILES string of the molecule is C[C@@H]1[C@@H](OC(=O)Cc2cccnc2)C[C@H]2C[C@@H]1C2(C)C. The van der Waals surface area contributed by atoms with Crippen LogP contribution in [0, 0.1) is 23.2 Å². The molecule has 3 saturated carbocycles. The molecule has 4 rings (SSSR count). The van der Waals surface area contributed by atoms with Gasteiger partial charge in [-0.25, -0.2) is 0 Å². The Morgan fingerprint density at radius 2 is 2.25 bits per heavy atom. The summed E-state index contributed by atoms with van der Waals surface area (Å²) in [5.41, 5.74) is 1.36. The number of ether oxygens (including phenoxy) is 1. The summed E-state index contributed by atoms with van der Waals surface area (Å²) in [6.07, 6.45) is 6.22. The van der Waals surface area contributed by atoms with Gasteiger partial charge in [0, 0.05) is 12.4 Å². The lowest BCUT2D eigenvalue weighted by atomic mass is 9.45. The van der Waals surface area contributed by atoms with E-state index in [2.05, 4.69) is 25.8 Å². The molecule has 0 spiro atoms. The van der Waals surface area contributed by atoms with Gasteiger partial charge in [0.25, 0.3) is 0 Å². The molecule has 108 valence electrons. The standard InChI is InChI=1S/C17H23NO2/c1-11-14-8-13(17(14,2)3)9-15(11)20-16(19)7-12-5-4-6-18-10-12/h4-6,10-11,13-15H,7-9H2,1-3H3/t11-,13+,14-,15-/m0/s1. The van der Waals surface area contributed by atoms with Gasteiger partial charge in [-0.1, -0.05) is 26.8 Å². The molecule has 3 heteroatoms. The molecule has 0 saturated heterocycles. The van der Waals surface area contributed by atoms with Gasteiger partial charge in [-0.05, 0) is 47.6 Å². The second-order valence-corrected chi connectivity index (χ2v) is 7.02. The van der Waals surface area contributed by atoms with Crippen molar-refractivity contribution in [2.45, 2.75) is 46.1 Å². The number of hydrogen-bond donors (Lipinski definition) is 0. The van der Waals surface area contributed by atoms with Crippen LogP contribution in [0.5, 0.6) is 0 Å². The monoisotopic (exact) mass is 273 g/mol. The second-order valence-electron chi connectivity index (χ2n) is 7.02. The van der Waals surface area contributed by atoms with Crippen LogP contribution in [0.2, 0.25) is 0 Å². The molecule has 4 atom stereocenters. The molecular weight excluding hydrogens is 250 g/mol. The van der Waals surface area contributed by atoms with Gasteiger partial charge >= 0.3 is 5.97 Å². The number of hydrogen-bond acceptors (Lipinski definition) is 3. The summed E-state index contributed by atoms with van der Waals surface area (Å²) in [5.74, 6) is 1.79. The lowest BCUT2D eigenvalue weighted by Crippen LogP contribution is -2.57. The largest absolute Gasteiger partial charge is 0.462 e. The highest BCUT2D eigenvalue weighted by molar-refractivity contribution is 5.72. The number of pyridine rings is 1. The van der Waals surface area contributed by atoms with E-state index < -0.39 is 0 Å². The van der Waals surface area contributed by atoms with Gasteiger partial charge in [0.2, 0.25) is 0 Å². The first-order chi connectivity index (χ1) is 9.48. The van der Waals surface area contributed by atoms with Crippen LogP contribution >= 0.6 is 0 Å². The molecule has 3 nitrogen and oxygen atoms in total. The van der Waals surface area contributed by atoms with E-state index in [1.165, 1.54) is 6.42 Å². The molecule has 1 heterocycles. The van der Waals surface area contributed by atoms with E-state index in [1.807, 2.05) is 12.1 Å². The molecule has 0 radical (unpaired) electrons. The molecule has 0 aliphatic heterocycles. The molecule has 20 heavy (non-hydrogen) atoms. The summed E-state index contributed by atoms with van der Waals surface area (Å²) < 4.78 is 5.73. The zero-order valence-corrected chi connectivity index (χ0v) is 12.5. The number of carbonyl (C=O) groups excluding carboxylic acids is 1. The third-order valence-corrected chi connectivity index (χ3v) is 5.64. The van der Waals surface area contributed by atoms with E-state index in [-0.39, 0.29) is 12.1 Å². The predicted molar refractivity (Wildman–Crippen MR) is 77.0 cm³/mol. The summed E-state index contributed by atoms with van der Waals surface area (Å²) in [6.45, 7) is 6.95. The average Bonchev–Trinajstić information content (AvgIpc) is 2.41. The smallest absolute Gasteiger partial charge is 0.310 e. The Kier molecular flexibility index (Phi) is 3.31. The minimum Gasteiger partial charge on any atom is -0.462 e.